The van der Waals surface area contributed by atoms with Gasteiger partial charge in [-0.05, 0) is 19.1 Å². The van der Waals surface area contributed by atoms with Gasteiger partial charge in [0.2, 0.25) is 0 Å². The van der Waals surface area contributed by atoms with Crippen molar-refractivity contribution < 1.29 is 4.84 Å². The summed E-state index contributed by atoms with van der Waals surface area (Å²) in [6.45, 7) is 2.87. The van der Waals surface area contributed by atoms with Crippen LogP contribution in [0.2, 0.25) is 0 Å². The van der Waals surface area contributed by atoms with E-state index in [2.05, 4.69) is 4.98 Å². The third kappa shape index (κ3) is 1.91. The zero-order valence-electron chi connectivity index (χ0n) is 6.82. The number of hydroxylamine groups is 1. The minimum atomic E-state index is 0.834. The summed E-state index contributed by atoms with van der Waals surface area (Å²) in [5, 5.41) is 1.79. The number of hydrogen-bond acceptors (Lipinski definition) is 3. The molecule has 0 aromatic carbocycles. The van der Waals surface area contributed by atoms with E-state index < -0.39 is 0 Å². The van der Waals surface area contributed by atoms with E-state index in [4.69, 9.17) is 4.84 Å². The van der Waals surface area contributed by atoms with Gasteiger partial charge in [0, 0.05) is 18.9 Å². The van der Waals surface area contributed by atoms with Gasteiger partial charge in [-0.2, -0.15) is 0 Å². The minimum Gasteiger partial charge on any atom is -0.277 e. The van der Waals surface area contributed by atoms with Crippen molar-refractivity contribution in [3.8, 4) is 0 Å². The molecule has 0 saturated heterocycles. The van der Waals surface area contributed by atoms with Crippen molar-refractivity contribution in [3.05, 3.63) is 24.5 Å². The van der Waals surface area contributed by atoms with Crippen LogP contribution < -0.4 is 5.06 Å². The Morgan fingerprint density at radius 1 is 1.45 bits per heavy atom. The zero-order chi connectivity index (χ0) is 8.10. The highest BCUT2D eigenvalue weighted by Gasteiger charge is 1.99. The average Bonchev–Trinajstić information content (AvgIpc) is 2.09. The van der Waals surface area contributed by atoms with Crippen molar-refractivity contribution in [1.82, 2.24) is 4.98 Å². The van der Waals surface area contributed by atoms with Crippen LogP contribution in [0.25, 0.3) is 0 Å². The first-order valence-corrected chi connectivity index (χ1v) is 3.60. The van der Waals surface area contributed by atoms with Crippen LogP contribution >= 0.6 is 0 Å². The molecule has 1 aromatic rings. The van der Waals surface area contributed by atoms with Gasteiger partial charge in [0.1, 0.15) is 0 Å². The molecule has 3 heteroatoms. The summed E-state index contributed by atoms with van der Waals surface area (Å²) in [5.74, 6) is 0. The van der Waals surface area contributed by atoms with Crippen molar-refractivity contribution in [3.63, 3.8) is 0 Å². The normalized spacial score (nSPS) is 9.64. The molecule has 0 atom stereocenters. The maximum Gasteiger partial charge on any atom is 0.0666 e. The van der Waals surface area contributed by atoms with Crippen LogP contribution in [-0.4, -0.2) is 18.6 Å². The maximum atomic E-state index is 5.09. The fourth-order valence-electron chi connectivity index (χ4n) is 0.927. The molecule has 0 aliphatic heterocycles. The second-order valence-corrected chi connectivity index (χ2v) is 2.08. The maximum absolute atomic E-state index is 5.09. The SMILES string of the molecule is CCN(OC)c1ccncc1. The topological polar surface area (TPSA) is 25.4 Å². The summed E-state index contributed by atoms with van der Waals surface area (Å²) in [5.41, 5.74) is 1.03. The number of rotatable bonds is 3. The number of hydrogen-bond donors (Lipinski definition) is 0. The van der Waals surface area contributed by atoms with Crippen LogP contribution in [0.1, 0.15) is 6.92 Å². The van der Waals surface area contributed by atoms with E-state index >= 15 is 0 Å². The first kappa shape index (κ1) is 8.01. The monoisotopic (exact) mass is 152 g/mol. The van der Waals surface area contributed by atoms with Gasteiger partial charge in [-0.1, -0.05) is 0 Å². The van der Waals surface area contributed by atoms with Gasteiger partial charge >= 0.3 is 0 Å². The van der Waals surface area contributed by atoms with Crippen LogP contribution in [0.15, 0.2) is 24.5 Å². The third-order valence-electron chi connectivity index (χ3n) is 1.46. The van der Waals surface area contributed by atoms with Crippen molar-refractivity contribution in [2.24, 2.45) is 0 Å². The van der Waals surface area contributed by atoms with E-state index in [1.807, 2.05) is 19.1 Å². The molecule has 0 aliphatic rings. The van der Waals surface area contributed by atoms with Gasteiger partial charge in [0.15, 0.2) is 0 Å². The predicted molar refractivity (Wildman–Crippen MR) is 44.3 cm³/mol. The summed E-state index contributed by atoms with van der Waals surface area (Å²) in [6.07, 6.45) is 3.49. The molecule has 0 bridgehead atoms. The molecule has 3 nitrogen and oxygen atoms in total. The minimum absolute atomic E-state index is 0.834. The average molecular weight is 152 g/mol. The molecule has 0 fully saturated rings. The Bertz CT molecular complexity index is 197. The molecule has 60 valence electrons. The molecular formula is C8H12N2O. The van der Waals surface area contributed by atoms with E-state index in [-0.39, 0.29) is 0 Å². The lowest BCUT2D eigenvalue weighted by atomic mass is 10.4. The Labute approximate surface area is 66.6 Å². The number of pyridine rings is 1. The van der Waals surface area contributed by atoms with Crippen LogP contribution in [0, 0.1) is 0 Å². The largest absolute Gasteiger partial charge is 0.277 e. The highest BCUT2D eigenvalue weighted by atomic mass is 16.7. The predicted octanol–water partition coefficient (Wildman–Crippen LogP) is 1.47. The molecular weight excluding hydrogens is 140 g/mol. The standard InChI is InChI=1S/C8H12N2O/c1-3-10(11-2)8-4-6-9-7-5-8/h4-7H,3H2,1-2H3. The fraction of sp³-hybridized carbons (Fsp3) is 0.375. The highest BCUT2D eigenvalue weighted by molar-refractivity contribution is 5.41. The Hall–Kier alpha value is -1.09. The molecule has 0 radical (unpaired) electrons. The highest BCUT2D eigenvalue weighted by Crippen LogP contribution is 2.10. The van der Waals surface area contributed by atoms with Crippen molar-refractivity contribution >= 4 is 5.69 Å². The first-order valence-electron chi connectivity index (χ1n) is 3.60. The Morgan fingerprint density at radius 3 is 2.55 bits per heavy atom. The van der Waals surface area contributed by atoms with Gasteiger partial charge < -0.3 is 0 Å². The van der Waals surface area contributed by atoms with Gasteiger partial charge in [-0.25, -0.2) is 0 Å². The van der Waals surface area contributed by atoms with Crippen LogP contribution in [0.4, 0.5) is 5.69 Å². The summed E-state index contributed by atoms with van der Waals surface area (Å²) in [6, 6.07) is 3.82. The molecule has 0 aliphatic carbocycles. The number of nitrogens with zero attached hydrogens (tertiary/aromatic N) is 2. The Balaban J connectivity index is 2.74. The molecule has 0 saturated carbocycles. The molecule has 1 aromatic heterocycles. The van der Waals surface area contributed by atoms with Gasteiger partial charge in [0.25, 0.3) is 0 Å². The zero-order valence-corrected chi connectivity index (χ0v) is 6.82. The van der Waals surface area contributed by atoms with E-state index in [1.54, 1.807) is 24.6 Å². The molecule has 0 amide bonds. The molecule has 0 unspecified atom stereocenters. The molecule has 0 spiro atoms. The van der Waals surface area contributed by atoms with Crippen LogP contribution in [0.3, 0.4) is 0 Å². The van der Waals surface area contributed by atoms with E-state index in [0.717, 1.165) is 12.2 Å². The van der Waals surface area contributed by atoms with Gasteiger partial charge in [0.05, 0.1) is 12.8 Å². The molecule has 11 heavy (non-hydrogen) atoms. The summed E-state index contributed by atoms with van der Waals surface area (Å²) in [4.78, 5) is 9.01. The Kier molecular flexibility index (Phi) is 2.86. The number of anilines is 1. The lowest BCUT2D eigenvalue weighted by molar-refractivity contribution is 0.171. The second-order valence-electron chi connectivity index (χ2n) is 2.08. The van der Waals surface area contributed by atoms with Gasteiger partial charge in [-0.15, -0.1) is 0 Å². The van der Waals surface area contributed by atoms with E-state index in [1.165, 1.54) is 0 Å². The van der Waals surface area contributed by atoms with Crippen LogP contribution in [0.5, 0.6) is 0 Å². The third-order valence-corrected chi connectivity index (χ3v) is 1.46. The van der Waals surface area contributed by atoms with E-state index in [0.29, 0.717) is 0 Å². The number of aromatic nitrogens is 1. The fourth-order valence-corrected chi connectivity index (χ4v) is 0.927. The first-order chi connectivity index (χ1) is 5.38. The van der Waals surface area contributed by atoms with Crippen LogP contribution in [-0.2, 0) is 4.84 Å². The quantitative estimate of drug-likeness (QED) is 0.613. The molecule has 1 rings (SSSR count). The summed E-state index contributed by atoms with van der Waals surface area (Å²) < 4.78 is 0. The van der Waals surface area contributed by atoms with E-state index in [9.17, 15) is 0 Å². The van der Waals surface area contributed by atoms with Gasteiger partial charge in [-0.3, -0.25) is 14.9 Å². The Morgan fingerprint density at radius 2 is 2.09 bits per heavy atom. The smallest absolute Gasteiger partial charge is 0.0666 e. The summed E-state index contributed by atoms with van der Waals surface area (Å²) in [7, 11) is 1.66. The summed E-state index contributed by atoms with van der Waals surface area (Å²) >= 11 is 0. The second kappa shape index (κ2) is 3.93. The van der Waals surface area contributed by atoms with Crippen molar-refractivity contribution in [1.29, 1.82) is 0 Å². The lowest BCUT2D eigenvalue weighted by Gasteiger charge is -2.18. The molecule has 0 N–H and O–H groups in total. The van der Waals surface area contributed by atoms with Crippen molar-refractivity contribution in [2.45, 2.75) is 6.92 Å². The lowest BCUT2D eigenvalue weighted by Crippen LogP contribution is -2.20. The molecule has 1 heterocycles. The van der Waals surface area contributed by atoms with Crippen molar-refractivity contribution in [2.75, 3.05) is 18.7 Å².